The zero-order chi connectivity index (χ0) is 10.7. The van der Waals surface area contributed by atoms with Crippen LogP contribution < -0.4 is 11.1 Å². The number of nitrogens with two attached hydrogens (primary N) is 1. The van der Waals surface area contributed by atoms with Crippen LogP contribution in [0.1, 0.15) is 37.8 Å². The monoisotopic (exact) mass is 206 g/mol. The van der Waals surface area contributed by atoms with Gasteiger partial charge in [0.2, 0.25) is 0 Å². The molecular weight excluding hydrogens is 188 g/mol. The van der Waals surface area contributed by atoms with Crippen LogP contribution in [0.4, 0.5) is 5.82 Å². The molecule has 1 fully saturated rings. The van der Waals surface area contributed by atoms with Crippen molar-refractivity contribution in [3.63, 3.8) is 0 Å². The Kier molecular flexibility index (Phi) is 3.16. The fourth-order valence-electron chi connectivity index (χ4n) is 1.62. The van der Waals surface area contributed by atoms with Gasteiger partial charge in [-0.2, -0.15) is 5.10 Å². The number of rotatable bonds is 4. The first-order valence-electron chi connectivity index (χ1n) is 5.59. The van der Waals surface area contributed by atoms with Gasteiger partial charge in [0.05, 0.1) is 5.69 Å². The smallest absolute Gasteiger partial charge is 0.148 e. The predicted octanol–water partition coefficient (Wildman–Crippen LogP) is 1.50. The maximum Gasteiger partial charge on any atom is 0.148 e. The summed E-state index contributed by atoms with van der Waals surface area (Å²) in [5, 5.41) is 11.5. The standard InChI is InChI=1S/C11H18N4/c1-8(12)7-13-11-6-5-10(14-15-11)9-3-2-4-9/h5-6,8-9H,2-4,7,12H2,1H3,(H,13,15). The predicted molar refractivity (Wildman–Crippen MR) is 60.8 cm³/mol. The van der Waals surface area contributed by atoms with E-state index in [-0.39, 0.29) is 6.04 Å². The molecule has 1 heterocycles. The Balaban J connectivity index is 1.91. The van der Waals surface area contributed by atoms with Gasteiger partial charge in [0.1, 0.15) is 5.82 Å². The lowest BCUT2D eigenvalue weighted by molar-refractivity contribution is 0.408. The van der Waals surface area contributed by atoms with Gasteiger partial charge in [-0.1, -0.05) is 6.42 Å². The Labute approximate surface area is 90.3 Å². The van der Waals surface area contributed by atoms with Crippen molar-refractivity contribution >= 4 is 5.82 Å². The van der Waals surface area contributed by atoms with Gasteiger partial charge >= 0.3 is 0 Å². The lowest BCUT2D eigenvalue weighted by atomic mass is 9.83. The van der Waals surface area contributed by atoms with E-state index >= 15 is 0 Å². The second kappa shape index (κ2) is 4.57. The lowest BCUT2D eigenvalue weighted by Gasteiger charge is -2.24. The summed E-state index contributed by atoms with van der Waals surface area (Å²) in [6.07, 6.45) is 3.86. The molecule has 1 aromatic heterocycles. The van der Waals surface area contributed by atoms with E-state index in [1.54, 1.807) is 0 Å². The molecule has 1 aliphatic rings. The molecule has 1 aromatic rings. The van der Waals surface area contributed by atoms with Crippen LogP contribution in [0.5, 0.6) is 0 Å². The summed E-state index contributed by atoms with van der Waals surface area (Å²) >= 11 is 0. The highest BCUT2D eigenvalue weighted by molar-refractivity contribution is 5.33. The molecule has 0 bridgehead atoms. The van der Waals surface area contributed by atoms with Crippen molar-refractivity contribution in [1.82, 2.24) is 10.2 Å². The summed E-state index contributed by atoms with van der Waals surface area (Å²) in [5.41, 5.74) is 6.77. The molecule has 0 saturated heterocycles. The van der Waals surface area contributed by atoms with Crippen molar-refractivity contribution < 1.29 is 0 Å². The van der Waals surface area contributed by atoms with Crippen LogP contribution in [-0.4, -0.2) is 22.8 Å². The molecule has 1 aliphatic carbocycles. The molecule has 0 amide bonds. The summed E-state index contributed by atoms with van der Waals surface area (Å²) < 4.78 is 0. The first kappa shape index (κ1) is 10.4. The maximum atomic E-state index is 5.64. The number of anilines is 1. The molecule has 3 N–H and O–H groups in total. The topological polar surface area (TPSA) is 63.8 Å². The number of nitrogens with zero attached hydrogens (tertiary/aromatic N) is 2. The van der Waals surface area contributed by atoms with E-state index in [4.69, 9.17) is 5.73 Å². The van der Waals surface area contributed by atoms with E-state index in [1.807, 2.05) is 13.0 Å². The maximum absolute atomic E-state index is 5.64. The molecule has 1 saturated carbocycles. The zero-order valence-corrected chi connectivity index (χ0v) is 9.11. The van der Waals surface area contributed by atoms with Crippen LogP contribution in [0.2, 0.25) is 0 Å². The van der Waals surface area contributed by atoms with Gasteiger partial charge in [0, 0.05) is 18.5 Å². The summed E-state index contributed by atoms with van der Waals surface area (Å²) in [6.45, 7) is 2.70. The second-order valence-corrected chi connectivity index (χ2v) is 4.33. The molecule has 2 rings (SSSR count). The van der Waals surface area contributed by atoms with E-state index in [9.17, 15) is 0 Å². The first-order chi connectivity index (χ1) is 7.25. The van der Waals surface area contributed by atoms with Gasteiger partial charge < -0.3 is 11.1 Å². The minimum atomic E-state index is 0.137. The number of hydrogen-bond acceptors (Lipinski definition) is 4. The molecule has 1 unspecified atom stereocenters. The van der Waals surface area contributed by atoms with Crippen molar-refractivity contribution in [2.75, 3.05) is 11.9 Å². The number of hydrogen-bond donors (Lipinski definition) is 2. The van der Waals surface area contributed by atoms with Gasteiger partial charge in [-0.25, -0.2) is 0 Å². The van der Waals surface area contributed by atoms with E-state index in [2.05, 4.69) is 21.6 Å². The van der Waals surface area contributed by atoms with Gasteiger partial charge in [-0.05, 0) is 31.9 Å². The van der Waals surface area contributed by atoms with Crippen molar-refractivity contribution in [1.29, 1.82) is 0 Å². The van der Waals surface area contributed by atoms with E-state index in [0.717, 1.165) is 18.1 Å². The quantitative estimate of drug-likeness (QED) is 0.783. The average Bonchev–Trinajstić information content (AvgIpc) is 2.14. The van der Waals surface area contributed by atoms with Crippen LogP contribution in [0.15, 0.2) is 12.1 Å². The molecule has 82 valence electrons. The van der Waals surface area contributed by atoms with E-state index in [0.29, 0.717) is 5.92 Å². The van der Waals surface area contributed by atoms with Crippen LogP contribution in [-0.2, 0) is 0 Å². The van der Waals surface area contributed by atoms with Crippen molar-refractivity contribution in [3.8, 4) is 0 Å². The molecular formula is C11H18N4. The minimum absolute atomic E-state index is 0.137. The second-order valence-electron chi connectivity index (χ2n) is 4.33. The van der Waals surface area contributed by atoms with Gasteiger partial charge in [-0.3, -0.25) is 0 Å². The molecule has 0 spiro atoms. The third-order valence-electron chi connectivity index (χ3n) is 2.81. The molecule has 1 atom stereocenters. The molecule has 15 heavy (non-hydrogen) atoms. The van der Waals surface area contributed by atoms with Gasteiger partial charge in [0.25, 0.3) is 0 Å². The van der Waals surface area contributed by atoms with E-state index in [1.165, 1.54) is 19.3 Å². The Hall–Kier alpha value is -1.16. The van der Waals surface area contributed by atoms with Gasteiger partial charge in [0.15, 0.2) is 0 Å². The van der Waals surface area contributed by atoms with Crippen LogP contribution >= 0.6 is 0 Å². The molecule has 0 aliphatic heterocycles. The van der Waals surface area contributed by atoms with Crippen LogP contribution in [0.3, 0.4) is 0 Å². The summed E-state index contributed by atoms with van der Waals surface area (Å²) in [7, 11) is 0. The third kappa shape index (κ3) is 2.65. The third-order valence-corrected chi connectivity index (χ3v) is 2.81. The van der Waals surface area contributed by atoms with Crippen molar-refractivity contribution in [3.05, 3.63) is 17.8 Å². The van der Waals surface area contributed by atoms with Crippen molar-refractivity contribution in [2.45, 2.75) is 38.1 Å². The SMILES string of the molecule is CC(N)CNc1ccc(C2CCC2)nn1. The highest BCUT2D eigenvalue weighted by Crippen LogP contribution is 2.34. The fraction of sp³-hybridized carbons (Fsp3) is 0.636. The molecule has 4 heteroatoms. The first-order valence-corrected chi connectivity index (χ1v) is 5.59. The average molecular weight is 206 g/mol. The molecule has 4 nitrogen and oxygen atoms in total. The summed E-state index contributed by atoms with van der Waals surface area (Å²) in [6, 6.07) is 4.20. The zero-order valence-electron chi connectivity index (χ0n) is 9.11. The highest BCUT2D eigenvalue weighted by atomic mass is 15.2. The molecule has 0 radical (unpaired) electrons. The molecule has 0 aromatic carbocycles. The Morgan fingerprint density at radius 2 is 2.27 bits per heavy atom. The summed E-state index contributed by atoms with van der Waals surface area (Å²) in [5.74, 6) is 1.47. The van der Waals surface area contributed by atoms with Crippen molar-refractivity contribution in [2.24, 2.45) is 5.73 Å². The van der Waals surface area contributed by atoms with Crippen LogP contribution in [0.25, 0.3) is 0 Å². The number of aromatic nitrogens is 2. The largest absolute Gasteiger partial charge is 0.367 e. The Morgan fingerprint density at radius 3 is 2.73 bits per heavy atom. The van der Waals surface area contributed by atoms with E-state index < -0.39 is 0 Å². The lowest BCUT2D eigenvalue weighted by Crippen LogP contribution is -2.25. The Bertz CT molecular complexity index is 303. The minimum Gasteiger partial charge on any atom is -0.367 e. The highest BCUT2D eigenvalue weighted by Gasteiger charge is 2.20. The van der Waals surface area contributed by atoms with Gasteiger partial charge in [-0.15, -0.1) is 5.10 Å². The Morgan fingerprint density at radius 1 is 1.47 bits per heavy atom. The fourth-order valence-corrected chi connectivity index (χ4v) is 1.62. The van der Waals surface area contributed by atoms with Crippen LogP contribution in [0, 0.1) is 0 Å². The number of nitrogens with one attached hydrogen (secondary N) is 1. The summed E-state index contributed by atoms with van der Waals surface area (Å²) in [4.78, 5) is 0. The normalized spacial score (nSPS) is 18.3.